The van der Waals surface area contributed by atoms with Gasteiger partial charge < -0.3 is 0 Å². The lowest BCUT2D eigenvalue weighted by Crippen LogP contribution is -1.92. The van der Waals surface area contributed by atoms with Crippen LogP contribution in [0, 0.1) is 0 Å². The second-order valence-electron chi connectivity index (χ2n) is 1.68. The van der Waals surface area contributed by atoms with Crippen LogP contribution in [0.1, 0.15) is 12.8 Å². The molecule has 0 fully saturated rings. The van der Waals surface area contributed by atoms with Gasteiger partial charge >= 0.3 is 0 Å². The maximum atomic E-state index is 4.70. The van der Waals surface area contributed by atoms with Crippen molar-refractivity contribution in [3.8, 4) is 0 Å². The highest BCUT2D eigenvalue weighted by Crippen LogP contribution is 2.17. The van der Waals surface area contributed by atoms with Crippen molar-refractivity contribution in [3.05, 3.63) is 0 Å². The summed E-state index contributed by atoms with van der Waals surface area (Å²) in [5, 5.41) is 0. The zero-order chi connectivity index (χ0) is 7.66. The molecule has 0 radical (unpaired) electrons. The maximum Gasteiger partial charge on any atom is 0.0822 e. The molecular formula is C6H14O2S2. The van der Waals surface area contributed by atoms with Gasteiger partial charge in [-0.3, -0.25) is 0 Å². The van der Waals surface area contributed by atoms with Crippen LogP contribution in [0.5, 0.6) is 0 Å². The van der Waals surface area contributed by atoms with Gasteiger partial charge in [0.25, 0.3) is 0 Å². The average molecular weight is 182 g/mol. The molecule has 0 unspecified atom stereocenters. The highest BCUT2D eigenvalue weighted by atomic mass is 33.1. The fourth-order valence-electron chi connectivity index (χ4n) is 0.489. The molecule has 0 bridgehead atoms. The predicted octanol–water partition coefficient (Wildman–Crippen LogP) is 2.36. The van der Waals surface area contributed by atoms with Gasteiger partial charge in [-0.15, -0.1) is 0 Å². The van der Waals surface area contributed by atoms with Gasteiger partial charge in [0, 0.05) is 5.75 Å². The molecule has 10 heavy (non-hydrogen) atoms. The SMILES string of the molecule is COOCCCCSSC. The molecule has 0 aliphatic carbocycles. The lowest BCUT2D eigenvalue weighted by Gasteiger charge is -1.98. The Morgan fingerprint density at radius 3 is 2.70 bits per heavy atom. The van der Waals surface area contributed by atoms with Crippen LogP contribution in [0.2, 0.25) is 0 Å². The number of hydrogen-bond donors (Lipinski definition) is 0. The number of rotatable bonds is 7. The summed E-state index contributed by atoms with van der Waals surface area (Å²) in [6.07, 6.45) is 4.38. The van der Waals surface area contributed by atoms with Crippen molar-refractivity contribution in [1.29, 1.82) is 0 Å². The van der Waals surface area contributed by atoms with E-state index in [0.717, 1.165) is 6.42 Å². The minimum absolute atomic E-state index is 0.714. The molecule has 2 nitrogen and oxygen atoms in total. The van der Waals surface area contributed by atoms with Crippen molar-refractivity contribution < 1.29 is 9.78 Å². The van der Waals surface area contributed by atoms with E-state index in [-0.39, 0.29) is 0 Å². The van der Waals surface area contributed by atoms with Gasteiger partial charge in [0.2, 0.25) is 0 Å². The Kier molecular flexibility index (Phi) is 10.2. The normalized spacial score (nSPS) is 10.2. The first-order valence-electron chi connectivity index (χ1n) is 3.23. The molecule has 0 heterocycles. The molecule has 0 aromatic heterocycles. The molecule has 0 saturated carbocycles. The van der Waals surface area contributed by atoms with E-state index in [1.165, 1.54) is 19.3 Å². The third kappa shape index (κ3) is 8.62. The molecule has 0 aromatic rings. The Morgan fingerprint density at radius 2 is 2.10 bits per heavy atom. The van der Waals surface area contributed by atoms with Gasteiger partial charge in [-0.25, -0.2) is 9.78 Å². The molecule has 0 atom stereocenters. The van der Waals surface area contributed by atoms with Gasteiger partial charge in [-0.1, -0.05) is 21.6 Å². The fraction of sp³-hybridized carbons (Fsp3) is 1.00. The highest BCUT2D eigenvalue weighted by Gasteiger charge is 1.88. The largest absolute Gasteiger partial charge is 0.240 e. The Hall–Kier alpha value is 0.620. The molecule has 0 N–H and O–H groups in total. The van der Waals surface area contributed by atoms with Gasteiger partial charge in [-0.2, -0.15) is 0 Å². The van der Waals surface area contributed by atoms with Crippen molar-refractivity contribution in [2.75, 3.05) is 25.7 Å². The van der Waals surface area contributed by atoms with Crippen molar-refractivity contribution in [2.45, 2.75) is 12.8 Å². The van der Waals surface area contributed by atoms with Crippen LogP contribution in [0.25, 0.3) is 0 Å². The first kappa shape index (κ1) is 10.6. The van der Waals surface area contributed by atoms with Gasteiger partial charge in [-0.05, 0) is 19.1 Å². The maximum absolute atomic E-state index is 4.70. The van der Waals surface area contributed by atoms with E-state index < -0.39 is 0 Å². The van der Waals surface area contributed by atoms with Crippen molar-refractivity contribution in [3.63, 3.8) is 0 Å². The molecule has 0 saturated heterocycles. The quantitative estimate of drug-likeness (QED) is 0.260. The molecule has 0 rings (SSSR count). The van der Waals surface area contributed by atoms with E-state index in [4.69, 9.17) is 4.89 Å². The molecular weight excluding hydrogens is 168 g/mol. The first-order chi connectivity index (χ1) is 4.91. The van der Waals surface area contributed by atoms with E-state index in [0.29, 0.717) is 6.61 Å². The summed E-state index contributed by atoms with van der Waals surface area (Å²) in [6.45, 7) is 0.714. The summed E-state index contributed by atoms with van der Waals surface area (Å²) in [5.41, 5.74) is 0. The summed E-state index contributed by atoms with van der Waals surface area (Å²) in [7, 11) is 5.23. The fourth-order valence-corrected chi connectivity index (χ4v) is 1.83. The van der Waals surface area contributed by atoms with Crippen LogP contribution in [0.15, 0.2) is 0 Å². The van der Waals surface area contributed by atoms with Gasteiger partial charge in [0.1, 0.15) is 0 Å². The monoisotopic (exact) mass is 182 g/mol. The lowest BCUT2D eigenvalue weighted by molar-refractivity contribution is -0.272. The Labute approximate surface area is 70.4 Å². The van der Waals surface area contributed by atoms with E-state index in [9.17, 15) is 0 Å². The van der Waals surface area contributed by atoms with Crippen LogP contribution in [0.3, 0.4) is 0 Å². The molecule has 0 spiro atoms. The number of unbranched alkanes of at least 4 members (excludes halogenated alkanes) is 1. The van der Waals surface area contributed by atoms with Crippen LogP contribution in [-0.4, -0.2) is 25.7 Å². The van der Waals surface area contributed by atoms with Crippen LogP contribution >= 0.6 is 21.6 Å². The smallest absolute Gasteiger partial charge is 0.0822 e. The first-order valence-corrected chi connectivity index (χ1v) is 5.95. The summed E-state index contributed by atoms with van der Waals surface area (Å²) >= 11 is 0. The third-order valence-electron chi connectivity index (χ3n) is 0.941. The Morgan fingerprint density at radius 1 is 1.30 bits per heavy atom. The molecule has 0 aliphatic heterocycles. The molecule has 0 aliphatic rings. The second-order valence-corrected chi connectivity index (χ2v) is 4.37. The third-order valence-corrected chi connectivity index (χ3v) is 2.84. The topological polar surface area (TPSA) is 18.5 Å². The molecule has 4 heteroatoms. The standard InChI is InChI=1S/C6H14O2S2/c1-7-8-5-3-4-6-10-9-2/h3-6H2,1-2H3. The van der Waals surface area contributed by atoms with Gasteiger partial charge in [0.15, 0.2) is 0 Å². The summed E-state index contributed by atoms with van der Waals surface area (Å²) in [4.78, 5) is 9.13. The minimum atomic E-state index is 0.714. The van der Waals surface area contributed by atoms with Crippen LogP contribution in [0.4, 0.5) is 0 Å². The van der Waals surface area contributed by atoms with Crippen molar-refractivity contribution in [2.24, 2.45) is 0 Å². The van der Waals surface area contributed by atoms with Crippen molar-refractivity contribution >= 4 is 21.6 Å². The average Bonchev–Trinajstić information content (AvgIpc) is 1.97. The molecule has 62 valence electrons. The van der Waals surface area contributed by atoms with Gasteiger partial charge in [0.05, 0.1) is 13.7 Å². The Balaban J connectivity index is 2.65. The van der Waals surface area contributed by atoms with E-state index >= 15 is 0 Å². The van der Waals surface area contributed by atoms with E-state index in [2.05, 4.69) is 11.1 Å². The van der Waals surface area contributed by atoms with E-state index in [1.807, 2.05) is 21.6 Å². The minimum Gasteiger partial charge on any atom is -0.240 e. The van der Waals surface area contributed by atoms with E-state index in [1.54, 1.807) is 0 Å². The van der Waals surface area contributed by atoms with Crippen molar-refractivity contribution in [1.82, 2.24) is 0 Å². The Bertz CT molecular complexity index is 53.7. The molecule has 0 amide bonds. The summed E-state index contributed by atoms with van der Waals surface area (Å²) < 4.78 is 0. The zero-order valence-corrected chi connectivity index (χ0v) is 8.09. The molecule has 0 aromatic carbocycles. The highest BCUT2D eigenvalue weighted by molar-refractivity contribution is 8.76. The number of hydrogen-bond acceptors (Lipinski definition) is 4. The second kappa shape index (κ2) is 9.62. The van der Waals surface area contributed by atoms with Crippen LogP contribution < -0.4 is 0 Å². The summed E-state index contributed by atoms with van der Waals surface area (Å²) in [6, 6.07) is 0. The predicted molar refractivity (Wildman–Crippen MR) is 48.2 cm³/mol. The zero-order valence-electron chi connectivity index (χ0n) is 6.46. The summed E-state index contributed by atoms with van der Waals surface area (Å²) in [5.74, 6) is 1.20. The van der Waals surface area contributed by atoms with Crippen LogP contribution in [-0.2, 0) is 9.78 Å². The lowest BCUT2D eigenvalue weighted by atomic mass is 10.4.